The molecule has 4 heteroatoms. The summed E-state index contributed by atoms with van der Waals surface area (Å²) in [4.78, 5) is 13.7. The lowest BCUT2D eigenvalue weighted by Gasteiger charge is -2.32. The van der Waals surface area contributed by atoms with Crippen LogP contribution in [-0.2, 0) is 9.53 Å². The Morgan fingerprint density at radius 3 is 2.93 bits per heavy atom. The summed E-state index contributed by atoms with van der Waals surface area (Å²) in [6, 6.07) is 0. The fraction of sp³-hybridized carbons (Fsp3) is 0.909. The van der Waals surface area contributed by atoms with E-state index in [1.54, 1.807) is 0 Å². The van der Waals surface area contributed by atoms with Gasteiger partial charge in [0.15, 0.2) is 0 Å². The summed E-state index contributed by atoms with van der Waals surface area (Å²) in [6.45, 7) is 8.08. The Hall–Kier alpha value is -0.220. The van der Waals surface area contributed by atoms with Gasteiger partial charge in [-0.2, -0.15) is 11.8 Å². The number of amides is 1. The molecule has 88 valence electrons. The SMILES string of the molecule is CCC1CN(C(=O)COC(C)C)CCS1. The van der Waals surface area contributed by atoms with Crippen LogP contribution >= 0.6 is 11.8 Å². The largest absolute Gasteiger partial charge is 0.369 e. The van der Waals surface area contributed by atoms with Crippen molar-refractivity contribution < 1.29 is 9.53 Å². The molecule has 0 aromatic rings. The van der Waals surface area contributed by atoms with E-state index in [4.69, 9.17) is 4.74 Å². The highest BCUT2D eigenvalue weighted by atomic mass is 32.2. The minimum absolute atomic E-state index is 0.134. The first-order chi connectivity index (χ1) is 7.13. The summed E-state index contributed by atoms with van der Waals surface area (Å²) >= 11 is 1.97. The van der Waals surface area contributed by atoms with Crippen molar-refractivity contribution in [2.24, 2.45) is 0 Å². The first-order valence-electron chi connectivity index (χ1n) is 5.64. The third-order valence-electron chi connectivity index (χ3n) is 2.49. The number of rotatable bonds is 4. The van der Waals surface area contributed by atoms with E-state index in [-0.39, 0.29) is 18.6 Å². The van der Waals surface area contributed by atoms with Crippen LogP contribution in [0.15, 0.2) is 0 Å². The van der Waals surface area contributed by atoms with E-state index >= 15 is 0 Å². The number of carbonyl (C=O) groups excluding carboxylic acids is 1. The van der Waals surface area contributed by atoms with Gasteiger partial charge in [0.05, 0.1) is 6.10 Å². The van der Waals surface area contributed by atoms with Gasteiger partial charge in [0, 0.05) is 24.1 Å². The molecule has 0 aromatic carbocycles. The third kappa shape index (κ3) is 4.43. The van der Waals surface area contributed by atoms with Crippen LogP contribution in [0.5, 0.6) is 0 Å². The minimum atomic E-state index is 0.134. The monoisotopic (exact) mass is 231 g/mol. The van der Waals surface area contributed by atoms with Crippen LogP contribution < -0.4 is 0 Å². The average Bonchev–Trinajstić information content (AvgIpc) is 2.26. The lowest BCUT2D eigenvalue weighted by atomic mass is 10.3. The molecule has 1 atom stereocenters. The highest BCUT2D eigenvalue weighted by Gasteiger charge is 2.22. The smallest absolute Gasteiger partial charge is 0.248 e. The molecule has 1 fully saturated rings. The van der Waals surface area contributed by atoms with Crippen molar-refractivity contribution in [1.82, 2.24) is 4.90 Å². The molecule has 0 radical (unpaired) electrons. The zero-order valence-electron chi connectivity index (χ0n) is 9.86. The molecule has 1 heterocycles. The lowest BCUT2D eigenvalue weighted by molar-refractivity contribution is -0.137. The molecule has 15 heavy (non-hydrogen) atoms. The normalized spacial score (nSPS) is 22.1. The molecule has 1 amide bonds. The van der Waals surface area contributed by atoms with Crippen molar-refractivity contribution in [1.29, 1.82) is 0 Å². The molecular formula is C11H21NO2S. The van der Waals surface area contributed by atoms with Gasteiger partial charge in [-0.15, -0.1) is 0 Å². The van der Waals surface area contributed by atoms with E-state index in [9.17, 15) is 4.79 Å². The summed E-state index contributed by atoms with van der Waals surface area (Å²) in [7, 11) is 0. The van der Waals surface area contributed by atoms with Gasteiger partial charge in [-0.3, -0.25) is 4.79 Å². The van der Waals surface area contributed by atoms with Crippen molar-refractivity contribution >= 4 is 17.7 Å². The standard InChI is InChI=1S/C11H21NO2S/c1-4-10-7-12(5-6-15-10)11(13)8-14-9(2)3/h9-10H,4-8H2,1-3H3. The molecule has 1 rings (SSSR count). The summed E-state index contributed by atoms with van der Waals surface area (Å²) in [6.07, 6.45) is 1.27. The lowest BCUT2D eigenvalue weighted by Crippen LogP contribution is -2.43. The fourth-order valence-electron chi connectivity index (χ4n) is 1.52. The Labute approximate surface area is 96.5 Å². The predicted octanol–water partition coefficient (Wildman–Crippen LogP) is 1.77. The Morgan fingerprint density at radius 1 is 1.60 bits per heavy atom. The van der Waals surface area contributed by atoms with Gasteiger partial charge in [0.2, 0.25) is 5.91 Å². The van der Waals surface area contributed by atoms with Gasteiger partial charge in [0.25, 0.3) is 0 Å². The fourth-order valence-corrected chi connectivity index (χ4v) is 2.70. The van der Waals surface area contributed by atoms with E-state index in [1.165, 1.54) is 0 Å². The number of ether oxygens (including phenoxy) is 1. The quantitative estimate of drug-likeness (QED) is 0.738. The van der Waals surface area contributed by atoms with Crippen LogP contribution in [0.3, 0.4) is 0 Å². The van der Waals surface area contributed by atoms with Crippen molar-refractivity contribution in [3.63, 3.8) is 0 Å². The molecule has 1 aliphatic rings. The van der Waals surface area contributed by atoms with Crippen LogP contribution in [-0.4, -0.2) is 47.6 Å². The van der Waals surface area contributed by atoms with E-state index in [2.05, 4.69) is 6.92 Å². The number of hydrogen-bond donors (Lipinski definition) is 0. The van der Waals surface area contributed by atoms with Gasteiger partial charge in [-0.25, -0.2) is 0 Å². The van der Waals surface area contributed by atoms with Crippen LogP contribution in [0.2, 0.25) is 0 Å². The summed E-state index contributed by atoms with van der Waals surface area (Å²) in [5.41, 5.74) is 0. The van der Waals surface area contributed by atoms with Gasteiger partial charge in [-0.1, -0.05) is 6.92 Å². The Balaban J connectivity index is 2.32. The zero-order valence-corrected chi connectivity index (χ0v) is 10.7. The summed E-state index contributed by atoms with van der Waals surface area (Å²) < 4.78 is 5.33. The Bertz CT molecular complexity index is 209. The third-order valence-corrected chi connectivity index (χ3v) is 3.86. The maximum Gasteiger partial charge on any atom is 0.248 e. The van der Waals surface area contributed by atoms with Crippen molar-refractivity contribution in [2.45, 2.75) is 38.5 Å². The second-order valence-corrected chi connectivity index (χ2v) is 5.51. The molecule has 0 aromatic heterocycles. The van der Waals surface area contributed by atoms with Crippen molar-refractivity contribution in [3.8, 4) is 0 Å². The summed E-state index contributed by atoms with van der Waals surface area (Å²) in [5, 5.41) is 0.613. The van der Waals surface area contributed by atoms with E-state index in [1.807, 2.05) is 30.5 Å². The predicted molar refractivity (Wildman–Crippen MR) is 64.2 cm³/mol. The Kier molecular flexibility index (Phi) is 5.47. The van der Waals surface area contributed by atoms with E-state index in [0.717, 1.165) is 25.3 Å². The second kappa shape index (κ2) is 6.38. The van der Waals surface area contributed by atoms with Crippen LogP contribution in [0, 0.1) is 0 Å². The molecule has 1 saturated heterocycles. The number of carbonyl (C=O) groups is 1. The summed E-state index contributed by atoms with van der Waals surface area (Å²) in [5.74, 6) is 1.20. The maximum absolute atomic E-state index is 11.8. The number of thioether (sulfide) groups is 1. The highest BCUT2D eigenvalue weighted by molar-refractivity contribution is 8.00. The van der Waals surface area contributed by atoms with Crippen molar-refractivity contribution in [3.05, 3.63) is 0 Å². The van der Waals surface area contributed by atoms with Crippen LogP contribution in [0.25, 0.3) is 0 Å². The topological polar surface area (TPSA) is 29.5 Å². The molecule has 0 bridgehead atoms. The first-order valence-corrected chi connectivity index (χ1v) is 6.69. The minimum Gasteiger partial charge on any atom is -0.369 e. The molecule has 1 unspecified atom stereocenters. The first kappa shape index (κ1) is 12.8. The Morgan fingerprint density at radius 2 is 2.33 bits per heavy atom. The van der Waals surface area contributed by atoms with E-state index < -0.39 is 0 Å². The van der Waals surface area contributed by atoms with Crippen molar-refractivity contribution in [2.75, 3.05) is 25.4 Å². The molecule has 3 nitrogen and oxygen atoms in total. The number of nitrogens with zero attached hydrogens (tertiary/aromatic N) is 1. The maximum atomic E-state index is 11.8. The second-order valence-electron chi connectivity index (χ2n) is 4.10. The number of hydrogen-bond acceptors (Lipinski definition) is 3. The van der Waals surface area contributed by atoms with Crippen LogP contribution in [0.4, 0.5) is 0 Å². The van der Waals surface area contributed by atoms with Crippen LogP contribution in [0.1, 0.15) is 27.2 Å². The molecule has 0 spiro atoms. The molecule has 0 saturated carbocycles. The highest BCUT2D eigenvalue weighted by Crippen LogP contribution is 2.20. The molecule has 0 aliphatic carbocycles. The van der Waals surface area contributed by atoms with Gasteiger partial charge >= 0.3 is 0 Å². The van der Waals surface area contributed by atoms with Gasteiger partial charge < -0.3 is 9.64 Å². The molecular weight excluding hydrogens is 210 g/mol. The zero-order chi connectivity index (χ0) is 11.3. The van der Waals surface area contributed by atoms with Gasteiger partial charge in [-0.05, 0) is 20.3 Å². The molecule has 1 aliphatic heterocycles. The van der Waals surface area contributed by atoms with Gasteiger partial charge in [0.1, 0.15) is 6.61 Å². The average molecular weight is 231 g/mol. The molecule has 0 N–H and O–H groups in total. The van der Waals surface area contributed by atoms with E-state index in [0.29, 0.717) is 5.25 Å².